The lowest BCUT2D eigenvalue weighted by Crippen LogP contribution is -2.40. The van der Waals surface area contributed by atoms with Gasteiger partial charge in [-0.3, -0.25) is 4.72 Å². The summed E-state index contributed by atoms with van der Waals surface area (Å²) in [7, 11) is -7.90. The van der Waals surface area contributed by atoms with Crippen molar-refractivity contribution < 1.29 is 120 Å². The van der Waals surface area contributed by atoms with E-state index in [0.29, 0.717) is 26.3 Å². The molecule has 0 spiro atoms. The molecule has 4 aromatic carbocycles. The number of alkyl halides is 4. The summed E-state index contributed by atoms with van der Waals surface area (Å²) in [6, 6.07) is 15.5. The number of carbonyl (C=O) groups excluding carboxylic acids is 5. The maximum absolute atomic E-state index is 13.3. The van der Waals surface area contributed by atoms with Gasteiger partial charge in [-0.1, -0.05) is 58.5 Å². The average Bonchev–Trinajstić information content (AvgIpc) is 1.65. The number of hydrogen-bond donors (Lipinski definition) is 1. The fourth-order valence-corrected chi connectivity index (χ4v) is 12.4. The van der Waals surface area contributed by atoms with Crippen LogP contribution in [0.25, 0.3) is 0 Å². The van der Waals surface area contributed by atoms with Crippen LogP contribution in [0.3, 0.4) is 0 Å². The number of aromatic nitrogens is 2. The molecule has 4 saturated carbocycles. The molecule has 568 valence electrons. The number of halogens is 8. The first-order valence-electron chi connectivity index (χ1n) is 32.6. The maximum Gasteiger partial charge on any atom is 0.429 e. The Morgan fingerprint density at radius 2 is 0.905 bits per heavy atom. The second kappa shape index (κ2) is 35.1. The number of sulfonamides is 2. The molecule has 26 nitrogen and oxygen atoms in total. The van der Waals surface area contributed by atoms with E-state index in [4.69, 9.17) is 89.0 Å². The van der Waals surface area contributed by atoms with Gasteiger partial charge < -0.3 is 62.5 Å². The van der Waals surface area contributed by atoms with E-state index < -0.39 is 94.3 Å². The van der Waals surface area contributed by atoms with Gasteiger partial charge >= 0.3 is 43.2 Å². The van der Waals surface area contributed by atoms with Crippen molar-refractivity contribution in [2.75, 3.05) is 61.2 Å². The molecule has 4 aliphatic rings. The molecule has 4 fully saturated rings. The van der Waals surface area contributed by atoms with Crippen LogP contribution >= 0.6 is 46.4 Å². The van der Waals surface area contributed by atoms with E-state index in [1.165, 1.54) is 72.8 Å². The molecule has 6 aromatic rings. The Bertz CT molecular complexity index is 4370. The number of pyridine rings is 2. The molecule has 4 aliphatic carbocycles. The van der Waals surface area contributed by atoms with Crippen LogP contribution in [0.5, 0.6) is 34.5 Å². The smallest absolute Gasteiger partial charge is 0.429 e. The van der Waals surface area contributed by atoms with Crippen LogP contribution in [0.1, 0.15) is 127 Å². The van der Waals surface area contributed by atoms with Gasteiger partial charge in [0.15, 0.2) is 61.0 Å². The molecule has 36 heteroatoms. The summed E-state index contributed by atoms with van der Waals surface area (Å²) in [5.74, 6) is -3.44. The predicted octanol–water partition coefficient (Wildman–Crippen LogP) is 13.1. The lowest BCUT2D eigenvalue weighted by Gasteiger charge is -2.27. The first kappa shape index (κ1) is 80.4. The highest BCUT2D eigenvalue weighted by molar-refractivity contribution is 7.92. The van der Waals surface area contributed by atoms with Crippen LogP contribution in [0.4, 0.5) is 33.7 Å². The first-order valence-corrected chi connectivity index (χ1v) is 37.8. The zero-order valence-electron chi connectivity index (χ0n) is 56.8. The highest BCUT2D eigenvalue weighted by Crippen LogP contribution is 2.42. The lowest BCUT2D eigenvalue weighted by molar-refractivity contribution is -0.605. The zero-order valence-corrected chi connectivity index (χ0v) is 61.5. The number of amides is 1. The summed E-state index contributed by atoms with van der Waals surface area (Å²) in [5, 5.41) is 23.6. The summed E-state index contributed by atoms with van der Waals surface area (Å²) in [5.41, 5.74) is -0.278. The molecular formula is C69H72Cl4F4N4O22S2. The van der Waals surface area contributed by atoms with E-state index in [9.17, 15) is 68.8 Å². The number of nitrogens with one attached hydrogen (secondary N) is 1. The predicted molar refractivity (Wildman–Crippen MR) is 370 cm³/mol. The molecule has 105 heavy (non-hydrogen) atoms. The quantitative estimate of drug-likeness (QED) is 0.0129. The second-order valence-electron chi connectivity index (χ2n) is 26.1. The van der Waals surface area contributed by atoms with Crippen LogP contribution < -0.4 is 46.9 Å². The summed E-state index contributed by atoms with van der Waals surface area (Å²) in [6.45, 7) is -2.30. The largest absolute Gasteiger partial charge is 0.619 e. The van der Waals surface area contributed by atoms with E-state index in [1.54, 1.807) is 20.8 Å². The Hall–Kier alpha value is -8.69. The van der Waals surface area contributed by atoms with E-state index in [2.05, 4.69) is 14.2 Å². The molecular weight excluding hydrogens is 1520 g/mol. The Labute approximate surface area is 621 Å². The summed E-state index contributed by atoms with van der Waals surface area (Å²) < 4.78 is 165. The van der Waals surface area contributed by atoms with E-state index >= 15 is 0 Å². The van der Waals surface area contributed by atoms with Gasteiger partial charge in [-0.15, -0.1) is 0 Å². The van der Waals surface area contributed by atoms with Crippen molar-refractivity contribution in [1.29, 1.82) is 0 Å². The molecule has 0 aliphatic heterocycles. The third-order valence-corrected chi connectivity index (χ3v) is 18.6. The SMILES string of the molecule is CC(C)(C)OC(=O)N(c1ccc(C(=O)OCC(=O)O[C@@H](Cc2c(Cl)c[n+]([O-])cc2Cl)c2ccc(OC(F)F)c(OCC3CC3)c2)cc1OCC1CC1)S(C)(=O)=O.CS(=O)(=O)Nc1ccc(C(=O)OCC(=O)O[C@@H](Cc2c(Cl)c[n+]([O-])cc2Cl)c2ccc(OC(F)F)c(OCC3CC3)c2)cc1OCC1CC1. The van der Waals surface area contributed by atoms with Gasteiger partial charge in [-0.2, -0.15) is 31.3 Å². The van der Waals surface area contributed by atoms with Crippen LogP contribution in [-0.4, -0.2) is 118 Å². The zero-order chi connectivity index (χ0) is 76.2. The van der Waals surface area contributed by atoms with Crippen molar-refractivity contribution in [2.24, 2.45) is 23.7 Å². The Kier molecular flexibility index (Phi) is 26.9. The molecule has 2 heterocycles. The van der Waals surface area contributed by atoms with Crippen molar-refractivity contribution in [3.8, 4) is 34.5 Å². The molecule has 0 bridgehead atoms. The number of hydrogen-bond acceptors (Lipinski definition) is 22. The van der Waals surface area contributed by atoms with Crippen LogP contribution in [-0.2, 0) is 66.2 Å². The van der Waals surface area contributed by atoms with Gasteiger partial charge in [0, 0.05) is 24.0 Å². The summed E-state index contributed by atoms with van der Waals surface area (Å²) >= 11 is 25.2. The first-order chi connectivity index (χ1) is 49.5. The number of benzene rings is 4. The lowest BCUT2D eigenvalue weighted by atomic mass is 10.0. The third-order valence-electron chi connectivity index (χ3n) is 15.7. The van der Waals surface area contributed by atoms with Gasteiger partial charge in [-0.05, 0) is 168 Å². The second-order valence-corrected chi connectivity index (χ2v) is 31.3. The third kappa shape index (κ3) is 25.2. The molecule has 1 N–H and O–H groups in total. The number of ether oxygens (including phenoxy) is 11. The van der Waals surface area contributed by atoms with Crippen molar-refractivity contribution in [1.82, 2.24) is 0 Å². The van der Waals surface area contributed by atoms with Gasteiger partial charge in [0.1, 0.15) is 55.1 Å². The number of esters is 4. The summed E-state index contributed by atoms with van der Waals surface area (Å²) in [6.07, 6.45) is 9.48. The van der Waals surface area contributed by atoms with E-state index in [-0.39, 0.29) is 150 Å². The van der Waals surface area contributed by atoms with Crippen LogP contribution in [0.15, 0.2) is 97.6 Å². The molecule has 10 rings (SSSR count). The minimum Gasteiger partial charge on any atom is -0.619 e. The highest BCUT2D eigenvalue weighted by Gasteiger charge is 2.36. The van der Waals surface area contributed by atoms with Crippen LogP contribution in [0.2, 0.25) is 20.1 Å². The Morgan fingerprint density at radius 3 is 1.27 bits per heavy atom. The standard InChI is InChI=1S/C37H40Cl2F2N2O12S.C32H32Cl2F2N2O10S/c1-37(2,3)55-36(46)43(56(4,48)49)28-11-9-24(14-31(28)50-18-21-5-6-21)34(45)52-20-33(44)53-30(15-25-26(38)16-42(47)17-27(25)39)23-10-12-29(54-35(40)41)32(13-23)51-19-22-7-8-22;1-49(42,43)37-25-8-6-21(11-28(25)44-15-18-2-3-18)31(40)46-17-30(39)47-27(12-22-23(33)13-38(41)14-24(22)34)20-7-9-26(48-32(35)36)29(10-20)45-16-19-4-5-19/h9-14,16-17,21-22,30,35H,5-8,15,18-20H2,1-4H3;6-11,13-14,18-19,27,32,37H,2-5,12,15-17H2,1H3/t30-;27-/m00/s1. The van der Waals surface area contributed by atoms with Crippen molar-refractivity contribution in [3.63, 3.8) is 0 Å². The molecule has 0 saturated heterocycles. The fourth-order valence-electron chi connectivity index (χ4n) is 9.80. The monoisotopic (exact) mass is 1590 g/mol. The van der Waals surface area contributed by atoms with Crippen molar-refractivity contribution in [3.05, 3.63) is 161 Å². The Balaban J connectivity index is 0.000000245. The fraction of sp³-hybridized carbons (Fsp3) is 0.435. The molecule has 0 radical (unpaired) electrons. The minimum absolute atomic E-state index is 0.00616. The van der Waals surface area contributed by atoms with Crippen LogP contribution in [0, 0.1) is 34.1 Å². The molecule has 0 unspecified atom stereocenters. The number of nitrogens with zero attached hydrogens (tertiary/aromatic N) is 3. The molecule has 1 amide bonds. The number of carbonyl (C=O) groups is 5. The Morgan fingerprint density at radius 1 is 0.533 bits per heavy atom. The average molecular weight is 1590 g/mol. The van der Waals surface area contributed by atoms with Gasteiger partial charge in [0.05, 0.1) is 55.8 Å². The summed E-state index contributed by atoms with van der Waals surface area (Å²) in [4.78, 5) is 65.6. The van der Waals surface area contributed by atoms with E-state index in [1.807, 2.05) is 0 Å². The molecule has 2 aromatic heterocycles. The van der Waals surface area contributed by atoms with Crippen molar-refractivity contribution >= 4 is 108 Å². The van der Waals surface area contributed by atoms with Crippen molar-refractivity contribution in [2.45, 2.75) is 116 Å². The normalized spacial score (nSPS) is 14.9. The number of rotatable bonds is 34. The maximum atomic E-state index is 13.3. The number of anilines is 2. The van der Waals surface area contributed by atoms with E-state index in [0.717, 1.165) is 88.7 Å². The van der Waals surface area contributed by atoms with Gasteiger partial charge in [-0.25, -0.2) is 40.8 Å². The highest BCUT2D eigenvalue weighted by atomic mass is 35.5. The molecule has 2 atom stereocenters. The van der Waals surface area contributed by atoms with Gasteiger partial charge in [0.2, 0.25) is 20.0 Å². The van der Waals surface area contributed by atoms with Gasteiger partial charge in [0.25, 0.3) is 0 Å². The minimum atomic E-state index is -4.25. The topological polar surface area (TPSA) is 324 Å².